The second-order valence-corrected chi connectivity index (χ2v) is 4.86. The first-order valence-corrected chi connectivity index (χ1v) is 7.00. The topological polar surface area (TPSA) is 67.1 Å². The summed E-state index contributed by atoms with van der Waals surface area (Å²) in [6.07, 6.45) is 5.87. The van der Waals surface area contributed by atoms with Gasteiger partial charge in [-0.25, -0.2) is 9.97 Å². The van der Waals surface area contributed by atoms with E-state index in [-0.39, 0.29) is 0 Å². The predicted octanol–water partition coefficient (Wildman–Crippen LogP) is 1.93. The van der Waals surface area contributed by atoms with Crippen LogP contribution in [0.5, 0.6) is 0 Å². The van der Waals surface area contributed by atoms with Crippen molar-refractivity contribution in [2.24, 2.45) is 5.73 Å². The molecule has 2 heterocycles. The highest BCUT2D eigenvalue weighted by atomic mass is 15.2. The van der Waals surface area contributed by atoms with E-state index in [0.717, 1.165) is 31.0 Å². The smallest absolute Gasteiger partial charge is 0.151 e. The van der Waals surface area contributed by atoms with Crippen LogP contribution in [-0.4, -0.2) is 29.6 Å². The van der Waals surface area contributed by atoms with Crippen molar-refractivity contribution in [1.29, 1.82) is 0 Å². The van der Waals surface area contributed by atoms with Crippen molar-refractivity contribution in [1.82, 2.24) is 9.97 Å². The Morgan fingerprint density at radius 2 is 2.10 bits per heavy atom. The maximum Gasteiger partial charge on any atom is 0.151 e. The lowest BCUT2D eigenvalue weighted by molar-refractivity contribution is 0.758. The summed E-state index contributed by atoms with van der Waals surface area (Å²) >= 11 is 0. The van der Waals surface area contributed by atoms with Crippen molar-refractivity contribution >= 4 is 17.3 Å². The van der Waals surface area contributed by atoms with E-state index < -0.39 is 0 Å². The Kier molecular flexibility index (Phi) is 3.78. The van der Waals surface area contributed by atoms with E-state index in [1.807, 2.05) is 6.20 Å². The SMILES string of the molecule is NCCNc1cnc(N2CCCc3ccccc32)cn1. The highest BCUT2D eigenvalue weighted by Crippen LogP contribution is 2.31. The quantitative estimate of drug-likeness (QED) is 0.887. The molecule has 0 bridgehead atoms. The molecule has 0 saturated carbocycles. The number of aryl methyl sites for hydroxylation is 1. The van der Waals surface area contributed by atoms with E-state index >= 15 is 0 Å². The summed E-state index contributed by atoms with van der Waals surface area (Å²) in [4.78, 5) is 11.1. The van der Waals surface area contributed by atoms with Crippen LogP contribution in [0, 0.1) is 0 Å². The number of anilines is 3. The van der Waals surface area contributed by atoms with Crippen LogP contribution in [0.15, 0.2) is 36.7 Å². The Morgan fingerprint density at radius 3 is 2.90 bits per heavy atom. The fraction of sp³-hybridized carbons (Fsp3) is 0.333. The summed E-state index contributed by atoms with van der Waals surface area (Å²) in [6, 6.07) is 8.50. The molecule has 1 aromatic heterocycles. The third-order valence-corrected chi connectivity index (χ3v) is 3.48. The zero-order valence-electron chi connectivity index (χ0n) is 11.4. The highest BCUT2D eigenvalue weighted by Gasteiger charge is 2.18. The van der Waals surface area contributed by atoms with E-state index in [0.29, 0.717) is 13.1 Å². The third-order valence-electron chi connectivity index (χ3n) is 3.48. The molecule has 3 N–H and O–H groups in total. The molecular formula is C15H19N5. The molecule has 1 aliphatic rings. The number of rotatable bonds is 4. The standard InChI is InChI=1S/C15H19N5/c16-7-8-17-14-10-19-15(11-18-14)20-9-3-5-12-4-1-2-6-13(12)20/h1-2,4,6,10-11H,3,5,7-9,16H2,(H,17,18). The molecular weight excluding hydrogens is 250 g/mol. The lowest BCUT2D eigenvalue weighted by atomic mass is 10.0. The minimum atomic E-state index is 0.586. The number of hydrogen-bond acceptors (Lipinski definition) is 5. The van der Waals surface area contributed by atoms with Gasteiger partial charge in [-0.3, -0.25) is 0 Å². The van der Waals surface area contributed by atoms with Crippen LogP contribution >= 0.6 is 0 Å². The van der Waals surface area contributed by atoms with Gasteiger partial charge in [0, 0.05) is 25.3 Å². The molecule has 104 valence electrons. The minimum absolute atomic E-state index is 0.586. The first-order chi connectivity index (χ1) is 9.88. The van der Waals surface area contributed by atoms with Crippen molar-refractivity contribution in [2.45, 2.75) is 12.8 Å². The summed E-state index contributed by atoms with van der Waals surface area (Å²) < 4.78 is 0. The molecule has 1 aliphatic heterocycles. The van der Waals surface area contributed by atoms with Gasteiger partial charge in [-0.15, -0.1) is 0 Å². The Balaban J connectivity index is 1.83. The van der Waals surface area contributed by atoms with Crippen LogP contribution in [0.25, 0.3) is 0 Å². The molecule has 2 aromatic rings. The van der Waals surface area contributed by atoms with Gasteiger partial charge in [0.25, 0.3) is 0 Å². The second-order valence-electron chi connectivity index (χ2n) is 4.86. The van der Waals surface area contributed by atoms with Gasteiger partial charge in [-0.05, 0) is 24.5 Å². The van der Waals surface area contributed by atoms with Gasteiger partial charge in [0.05, 0.1) is 12.4 Å². The van der Waals surface area contributed by atoms with Gasteiger partial charge in [0.2, 0.25) is 0 Å². The van der Waals surface area contributed by atoms with E-state index in [4.69, 9.17) is 5.73 Å². The van der Waals surface area contributed by atoms with Crippen LogP contribution < -0.4 is 16.0 Å². The zero-order chi connectivity index (χ0) is 13.8. The molecule has 0 aliphatic carbocycles. The minimum Gasteiger partial charge on any atom is -0.368 e. The van der Waals surface area contributed by atoms with E-state index in [1.165, 1.54) is 11.3 Å². The number of nitrogens with zero attached hydrogens (tertiary/aromatic N) is 3. The monoisotopic (exact) mass is 269 g/mol. The van der Waals surface area contributed by atoms with Gasteiger partial charge in [-0.1, -0.05) is 18.2 Å². The number of nitrogens with one attached hydrogen (secondary N) is 1. The lowest BCUT2D eigenvalue weighted by Crippen LogP contribution is -2.25. The third kappa shape index (κ3) is 2.58. The highest BCUT2D eigenvalue weighted by molar-refractivity contribution is 5.65. The molecule has 0 atom stereocenters. The fourth-order valence-electron chi connectivity index (χ4n) is 2.52. The van der Waals surface area contributed by atoms with Crippen LogP contribution in [0.3, 0.4) is 0 Å². The molecule has 0 radical (unpaired) electrons. The van der Waals surface area contributed by atoms with Gasteiger partial charge in [0.1, 0.15) is 5.82 Å². The number of para-hydroxylation sites is 1. The normalized spacial score (nSPS) is 13.9. The Bertz CT molecular complexity index is 567. The molecule has 0 saturated heterocycles. The Labute approximate surface area is 118 Å². The van der Waals surface area contributed by atoms with Crippen LogP contribution in [0.2, 0.25) is 0 Å². The average molecular weight is 269 g/mol. The number of nitrogens with two attached hydrogens (primary N) is 1. The Hall–Kier alpha value is -2.14. The van der Waals surface area contributed by atoms with Crippen molar-refractivity contribution in [3.63, 3.8) is 0 Å². The summed E-state index contributed by atoms with van der Waals surface area (Å²) in [5.74, 6) is 1.67. The van der Waals surface area contributed by atoms with E-state index in [2.05, 4.69) is 44.5 Å². The summed E-state index contributed by atoms with van der Waals surface area (Å²) in [7, 11) is 0. The molecule has 1 aromatic carbocycles. The van der Waals surface area contributed by atoms with E-state index in [1.54, 1.807) is 6.20 Å². The van der Waals surface area contributed by atoms with Gasteiger partial charge >= 0.3 is 0 Å². The Morgan fingerprint density at radius 1 is 1.20 bits per heavy atom. The van der Waals surface area contributed by atoms with Crippen molar-refractivity contribution in [3.8, 4) is 0 Å². The maximum atomic E-state index is 5.46. The molecule has 0 fully saturated rings. The van der Waals surface area contributed by atoms with Gasteiger partial charge < -0.3 is 16.0 Å². The van der Waals surface area contributed by atoms with Crippen LogP contribution in [-0.2, 0) is 6.42 Å². The number of hydrogen-bond donors (Lipinski definition) is 2. The predicted molar refractivity (Wildman–Crippen MR) is 81.3 cm³/mol. The number of benzene rings is 1. The molecule has 0 spiro atoms. The summed E-state index contributed by atoms with van der Waals surface area (Å²) in [5, 5.41) is 3.13. The number of aromatic nitrogens is 2. The lowest BCUT2D eigenvalue weighted by Gasteiger charge is -2.30. The van der Waals surface area contributed by atoms with Crippen molar-refractivity contribution in [3.05, 3.63) is 42.2 Å². The average Bonchev–Trinajstić information content (AvgIpc) is 2.53. The second kappa shape index (κ2) is 5.88. The van der Waals surface area contributed by atoms with Crippen LogP contribution in [0.4, 0.5) is 17.3 Å². The molecule has 0 unspecified atom stereocenters. The first kappa shape index (κ1) is 12.9. The zero-order valence-corrected chi connectivity index (χ0v) is 11.4. The van der Waals surface area contributed by atoms with Gasteiger partial charge in [-0.2, -0.15) is 0 Å². The first-order valence-electron chi connectivity index (χ1n) is 7.00. The maximum absolute atomic E-state index is 5.46. The van der Waals surface area contributed by atoms with E-state index in [9.17, 15) is 0 Å². The molecule has 3 rings (SSSR count). The van der Waals surface area contributed by atoms with Crippen molar-refractivity contribution in [2.75, 3.05) is 29.9 Å². The van der Waals surface area contributed by atoms with Crippen LogP contribution in [0.1, 0.15) is 12.0 Å². The molecule has 0 amide bonds. The van der Waals surface area contributed by atoms with Crippen molar-refractivity contribution < 1.29 is 0 Å². The molecule has 20 heavy (non-hydrogen) atoms. The molecule has 5 heteroatoms. The number of fused-ring (bicyclic) bond motifs is 1. The summed E-state index contributed by atoms with van der Waals surface area (Å²) in [5.41, 5.74) is 8.08. The molecule has 5 nitrogen and oxygen atoms in total. The summed E-state index contributed by atoms with van der Waals surface area (Å²) in [6.45, 7) is 2.28. The fourth-order valence-corrected chi connectivity index (χ4v) is 2.52. The van der Waals surface area contributed by atoms with Gasteiger partial charge in [0.15, 0.2) is 5.82 Å². The largest absolute Gasteiger partial charge is 0.368 e.